The lowest BCUT2D eigenvalue weighted by molar-refractivity contribution is -0.117. The maximum absolute atomic E-state index is 11.2. The molecular formula is C13H20BN3O3. The number of nitrogens with zero attached hydrogens (tertiary/aromatic N) is 1. The maximum atomic E-state index is 11.2. The van der Waals surface area contributed by atoms with Gasteiger partial charge < -0.3 is 20.8 Å². The minimum Gasteiger partial charge on any atom is -0.399 e. The van der Waals surface area contributed by atoms with Gasteiger partial charge in [0.25, 0.3) is 0 Å². The quantitative estimate of drug-likeness (QED) is 0.757. The molecular weight excluding hydrogens is 257 g/mol. The van der Waals surface area contributed by atoms with Gasteiger partial charge >= 0.3 is 7.12 Å². The fourth-order valence-corrected chi connectivity index (χ4v) is 2.07. The summed E-state index contributed by atoms with van der Waals surface area (Å²) in [5.74, 6) is -0.471. The zero-order valence-electron chi connectivity index (χ0n) is 12.3. The summed E-state index contributed by atoms with van der Waals surface area (Å²) in [4.78, 5) is 15.3. The summed E-state index contributed by atoms with van der Waals surface area (Å²) < 4.78 is 11.9. The second-order valence-electron chi connectivity index (χ2n) is 5.99. The van der Waals surface area contributed by atoms with Crippen LogP contribution in [0.5, 0.6) is 0 Å². The number of carbonyl (C=O) groups excluding carboxylic acids is 1. The highest BCUT2D eigenvalue weighted by Gasteiger charge is 2.52. The lowest BCUT2D eigenvalue weighted by Gasteiger charge is -2.32. The molecule has 1 aromatic rings. The smallest absolute Gasteiger partial charge is 0.399 e. The predicted octanol–water partition coefficient (Wildman–Crippen LogP) is -0.00920. The van der Waals surface area contributed by atoms with Crippen molar-refractivity contribution >= 4 is 24.2 Å². The zero-order valence-corrected chi connectivity index (χ0v) is 12.3. The number of anilines is 1. The van der Waals surface area contributed by atoms with Gasteiger partial charge in [0, 0.05) is 17.3 Å². The lowest BCUT2D eigenvalue weighted by Crippen LogP contribution is -2.41. The van der Waals surface area contributed by atoms with Crippen LogP contribution in [-0.2, 0) is 20.5 Å². The minimum atomic E-state index is -0.650. The van der Waals surface area contributed by atoms with Gasteiger partial charge in [-0.15, -0.1) is 0 Å². The van der Waals surface area contributed by atoms with E-state index in [2.05, 4.69) is 4.98 Å². The summed E-state index contributed by atoms with van der Waals surface area (Å²) >= 11 is 0. The molecule has 4 N–H and O–H groups in total. The van der Waals surface area contributed by atoms with Crippen LogP contribution in [-0.4, -0.2) is 29.2 Å². The Hall–Kier alpha value is -1.60. The molecule has 0 spiro atoms. The molecule has 1 saturated heterocycles. The van der Waals surface area contributed by atoms with Crippen LogP contribution in [0.1, 0.15) is 33.4 Å². The van der Waals surface area contributed by atoms with E-state index >= 15 is 0 Å². The Bertz CT molecular complexity index is 530. The van der Waals surface area contributed by atoms with E-state index in [1.165, 1.54) is 0 Å². The van der Waals surface area contributed by atoms with Crippen molar-refractivity contribution in [3.63, 3.8) is 0 Å². The van der Waals surface area contributed by atoms with E-state index < -0.39 is 24.2 Å². The van der Waals surface area contributed by atoms with E-state index in [9.17, 15) is 4.79 Å². The van der Waals surface area contributed by atoms with Gasteiger partial charge in [0.1, 0.15) is 0 Å². The van der Waals surface area contributed by atoms with Gasteiger partial charge in [-0.25, -0.2) is 0 Å². The summed E-state index contributed by atoms with van der Waals surface area (Å²) in [6.45, 7) is 7.81. The van der Waals surface area contributed by atoms with Gasteiger partial charge in [0.2, 0.25) is 5.91 Å². The van der Waals surface area contributed by atoms with Crippen molar-refractivity contribution in [2.45, 2.75) is 45.3 Å². The molecule has 0 bridgehead atoms. The second kappa shape index (κ2) is 4.75. The topological polar surface area (TPSA) is 100 Å². The molecule has 0 unspecified atom stereocenters. The summed E-state index contributed by atoms with van der Waals surface area (Å²) in [5.41, 5.74) is 11.9. The zero-order chi connectivity index (χ0) is 15.1. The highest BCUT2D eigenvalue weighted by molar-refractivity contribution is 6.64. The second-order valence-corrected chi connectivity index (χ2v) is 5.99. The third kappa shape index (κ3) is 2.51. The van der Waals surface area contributed by atoms with Crippen molar-refractivity contribution in [1.29, 1.82) is 0 Å². The average Bonchev–Trinajstić information content (AvgIpc) is 2.46. The van der Waals surface area contributed by atoms with Gasteiger partial charge in [-0.3, -0.25) is 9.78 Å². The maximum Gasteiger partial charge on any atom is 0.498 e. The molecule has 0 radical (unpaired) electrons. The number of aromatic nitrogens is 1. The molecule has 1 amide bonds. The Balaban J connectivity index is 2.41. The fraction of sp³-hybridized carbons (Fsp3) is 0.538. The molecule has 7 heteroatoms. The molecule has 108 valence electrons. The Labute approximate surface area is 119 Å². The minimum absolute atomic E-state index is 0.00442. The van der Waals surface area contributed by atoms with Crippen LogP contribution in [0.4, 0.5) is 5.69 Å². The van der Waals surface area contributed by atoms with Gasteiger partial charge in [-0.05, 0) is 33.8 Å². The normalized spacial score (nSPS) is 20.1. The molecule has 2 heterocycles. The fourth-order valence-electron chi connectivity index (χ4n) is 2.07. The Morgan fingerprint density at radius 2 is 1.85 bits per heavy atom. The van der Waals surface area contributed by atoms with Crippen molar-refractivity contribution in [2.75, 3.05) is 5.73 Å². The van der Waals surface area contributed by atoms with Gasteiger partial charge in [0.15, 0.2) is 0 Å². The molecule has 1 aliphatic rings. The molecule has 6 nitrogen and oxygen atoms in total. The first-order valence-electron chi connectivity index (χ1n) is 6.51. The molecule has 20 heavy (non-hydrogen) atoms. The van der Waals surface area contributed by atoms with Crippen molar-refractivity contribution in [3.8, 4) is 0 Å². The monoisotopic (exact) mass is 277 g/mol. The summed E-state index contributed by atoms with van der Waals surface area (Å²) in [5, 5.41) is 0. The number of pyridine rings is 1. The summed E-state index contributed by atoms with van der Waals surface area (Å²) in [7, 11) is -0.650. The molecule has 0 saturated carbocycles. The Morgan fingerprint density at radius 1 is 1.30 bits per heavy atom. The van der Waals surface area contributed by atoms with Crippen LogP contribution < -0.4 is 16.9 Å². The van der Waals surface area contributed by atoms with Gasteiger partial charge in [-0.1, -0.05) is 0 Å². The first-order chi connectivity index (χ1) is 9.14. The molecule has 1 aliphatic heterocycles. The molecule has 1 aromatic heterocycles. The first-order valence-corrected chi connectivity index (χ1v) is 6.51. The predicted molar refractivity (Wildman–Crippen MR) is 77.3 cm³/mol. The van der Waals surface area contributed by atoms with Crippen molar-refractivity contribution < 1.29 is 14.1 Å². The number of rotatable bonds is 3. The highest BCUT2D eigenvalue weighted by atomic mass is 16.7. The van der Waals surface area contributed by atoms with E-state index in [-0.39, 0.29) is 6.42 Å². The molecule has 0 aromatic carbocycles. The van der Waals surface area contributed by atoms with Crippen LogP contribution >= 0.6 is 0 Å². The van der Waals surface area contributed by atoms with E-state index in [4.69, 9.17) is 20.8 Å². The third-order valence-corrected chi connectivity index (χ3v) is 3.94. The summed E-state index contributed by atoms with van der Waals surface area (Å²) in [6, 6.07) is 1.66. The third-order valence-electron chi connectivity index (χ3n) is 3.94. The number of carbonyl (C=O) groups is 1. The largest absolute Gasteiger partial charge is 0.498 e. The first kappa shape index (κ1) is 14.8. The van der Waals surface area contributed by atoms with Crippen LogP contribution in [0.2, 0.25) is 0 Å². The SMILES string of the molecule is CC1(C)OB(c2c(N)ccnc2CC(N)=O)OC1(C)C. The number of hydrogen-bond acceptors (Lipinski definition) is 5. The standard InChI is InChI=1S/C13H20BN3O3/c1-12(2)13(3,4)20-14(19-12)11-8(15)5-6-17-9(11)7-10(16)18/h5-6H,7H2,1-4H3,(H2,15,17)(H2,16,18). The highest BCUT2D eigenvalue weighted by Crippen LogP contribution is 2.37. The van der Waals surface area contributed by atoms with Crippen LogP contribution in [0.15, 0.2) is 12.3 Å². The van der Waals surface area contributed by atoms with Gasteiger partial charge in [-0.2, -0.15) is 0 Å². The molecule has 1 fully saturated rings. The van der Waals surface area contributed by atoms with Crippen LogP contribution in [0.3, 0.4) is 0 Å². The molecule has 0 atom stereocenters. The van der Waals surface area contributed by atoms with E-state index in [0.29, 0.717) is 16.8 Å². The van der Waals surface area contributed by atoms with Gasteiger partial charge in [0.05, 0.1) is 23.3 Å². The number of nitrogen functional groups attached to an aromatic ring is 1. The number of primary amides is 1. The van der Waals surface area contributed by atoms with E-state index in [0.717, 1.165) is 0 Å². The van der Waals surface area contributed by atoms with Crippen LogP contribution in [0, 0.1) is 0 Å². The number of nitrogens with two attached hydrogens (primary N) is 2. The average molecular weight is 277 g/mol. The van der Waals surface area contributed by atoms with E-state index in [1.807, 2.05) is 27.7 Å². The van der Waals surface area contributed by atoms with E-state index in [1.54, 1.807) is 12.3 Å². The number of hydrogen-bond donors (Lipinski definition) is 2. The van der Waals surface area contributed by atoms with Crippen LogP contribution in [0.25, 0.3) is 0 Å². The Morgan fingerprint density at radius 3 is 2.35 bits per heavy atom. The van der Waals surface area contributed by atoms with Crippen molar-refractivity contribution in [3.05, 3.63) is 18.0 Å². The van der Waals surface area contributed by atoms with Crippen molar-refractivity contribution in [1.82, 2.24) is 4.98 Å². The lowest BCUT2D eigenvalue weighted by atomic mass is 9.76. The number of amides is 1. The Kier molecular flexibility index (Phi) is 3.52. The van der Waals surface area contributed by atoms with Crippen molar-refractivity contribution in [2.24, 2.45) is 5.73 Å². The molecule has 0 aliphatic carbocycles. The molecule has 2 rings (SSSR count). The summed E-state index contributed by atoms with van der Waals surface area (Å²) in [6.07, 6.45) is 1.55.